The third-order valence-electron chi connectivity index (χ3n) is 1.17. The summed E-state index contributed by atoms with van der Waals surface area (Å²) in [6.07, 6.45) is 2.94. The normalized spacial score (nSPS) is 13.1. The van der Waals surface area contributed by atoms with Crippen molar-refractivity contribution < 1.29 is 5.11 Å². The van der Waals surface area contributed by atoms with Crippen LogP contribution in [0.5, 0.6) is 0 Å². The van der Waals surface area contributed by atoms with Gasteiger partial charge in [-0.05, 0) is 18.6 Å². The fraction of sp³-hybridized carbons (Fsp3) is 0.286. The zero-order valence-corrected chi connectivity index (χ0v) is 5.28. The second-order valence-electron chi connectivity index (χ2n) is 1.96. The monoisotopic (exact) mass is 123 g/mol. The molecule has 0 amide bonds. The van der Waals surface area contributed by atoms with Crippen molar-refractivity contribution in [3.05, 3.63) is 30.1 Å². The highest BCUT2D eigenvalue weighted by molar-refractivity contribution is 5.10. The van der Waals surface area contributed by atoms with Gasteiger partial charge < -0.3 is 5.11 Å². The number of aromatic nitrogens is 1. The number of nitrogens with zero attached hydrogens (tertiary/aromatic N) is 1. The summed E-state index contributed by atoms with van der Waals surface area (Å²) in [6.45, 7) is 1.72. The third-order valence-corrected chi connectivity index (χ3v) is 1.17. The van der Waals surface area contributed by atoms with Crippen molar-refractivity contribution in [1.82, 2.24) is 4.98 Å². The molecule has 9 heavy (non-hydrogen) atoms. The first-order chi connectivity index (χ1) is 4.30. The van der Waals surface area contributed by atoms with Crippen LogP contribution < -0.4 is 0 Å². The lowest BCUT2D eigenvalue weighted by molar-refractivity contribution is 0.199. The number of aliphatic hydroxyl groups excluding tert-OH is 1. The van der Waals surface area contributed by atoms with E-state index in [1.165, 1.54) is 0 Å². The van der Waals surface area contributed by atoms with Gasteiger partial charge in [0.1, 0.15) is 0 Å². The summed E-state index contributed by atoms with van der Waals surface area (Å²) >= 11 is 0. The summed E-state index contributed by atoms with van der Waals surface area (Å²) in [5.41, 5.74) is 0.859. The fourth-order valence-electron chi connectivity index (χ4n) is 0.623. The molecule has 0 saturated carbocycles. The van der Waals surface area contributed by atoms with Crippen LogP contribution in [0.1, 0.15) is 18.6 Å². The first-order valence-electron chi connectivity index (χ1n) is 2.88. The predicted molar refractivity (Wildman–Crippen MR) is 34.9 cm³/mol. The van der Waals surface area contributed by atoms with Crippen molar-refractivity contribution in [1.29, 1.82) is 0 Å². The van der Waals surface area contributed by atoms with Crippen LogP contribution in [0.15, 0.2) is 24.5 Å². The number of hydrogen-bond donors (Lipinski definition) is 1. The summed E-state index contributed by atoms with van der Waals surface area (Å²) in [4.78, 5) is 3.85. The minimum atomic E-state index is -0.404. The minimum Gasteiger partial charge on any atom is -0.389 e. The highest BCUT2D eigenvalue weighted by Gasteiger charge is 1.96. The Balaban J connectivity index is 2.85. The molecule has 0 aromatic carbocycles. The second-order valence-corrected chi connectivity index (χ2v) is 1.96. The molecule has 1 aromatic heterocycles. The van der Waals surface area contributed by atoms with E-state index in [-0.39, 0.29) is 0 Å². The lowest BCUT2D eigenvalue weighted by Gasteiger charge is -2.00. The molecule has 2 nitrogen and oxygen atoms in total. The molecule has 0 bridgehead atoms. The number of pyridine rings is 1. The van der Waals surface area contributed by atoms with Gasteiger partial charge in [-0.15, -0.1) is 0 Å². The van der Waals surface area contributed by atoms with Crippen LogP contribution in [0.2, 0.25) is 0 Å². The Bertz CT molecular complexity index is 172. The van der Waals surface area contributed by atoms with Crippen LogP contribution in [0.4, 0.5) is 0 Å². The van der Waals surface area contributed by atoms with E-state index in [0.29, 0.717) is 0 Å². The minimum absolute atomic E-state index is 0.404. The van der Waals surface area contributed by atoms with Gasteiger partial charge in [-0.3, -0.25) is 4.98 Å². The first kappa shape index (κ1) is 6.23. The van der Waals surface area contributed by atoms with Crippen LogP contribution in [-0.2, 0) is 0 Å². The van der Waals surface area contributed by atoms with Crippen LogP contribution in [0, 0.1) is 0 Å². The molecular formula is C7H9NO. The zero-order valence-electron chi connectivity index (χ0n) is 5.28. The average Bonchev–Trinajstić information content (AvgIpc) is 1.90. The Hall–Kier alpha value is -0.890. The summed E-state index contributed by atoms with van der Waals surface area (Å²) in [5, 5.41) is 8.98. The second kappa shape index (κ2) is 2.60. The maximum Gasteiger partial charge on any atom is 0.0776 e. The van der Waals surface area contributed by atoms with Gasteiger partial charge in [0.2, 0.25) is 0 Å². The molecule has 0 aliphatic carbocycles. The van der Waals surface area contributed by atoms with Crippen molar-refractivity contribution in [2.75, 3.05) is 0 Å². The molecule has 1 heterocycles. The fourth-order valence-corrected chi connectivity index (χ4v) is 0.623. The molecule has 0 aliphatic heterocycles. The van der Waals surface area contributed by atoms with Gasteiger partial charge in [-0.25, -0.2) is 0 Å². The zero-order chi connectivity index (χ0) is 6.69. The number of hydrogen-bond acceptors (Lipinski definition) is 2. The van der Waals surface area contributed by atoms with E-state index in [2.05, 4.69) is 4.98 Å². The van der Waals surface area contributed by atoms with Gasteiger partial charge in [-0.1, -0.05) is 6.07 Å². The van der Waals surface area contributed by atoms with E-state index in [9.17, 15) is 0 Å². The molecule has 0 fully saturated rings. The molecule has 0 unspecified atom stereocenters. The molecule has 1 atom stereocenters. The summed E-state index contributed by atoms with van der Waals surface area (Å²) in [7, 11) is 0. The van der Waals surface area contributed by atoms with Crippen molar-refractivity contribution in [3.63, 3.8) is 0 Å². The maximum atomic E-state index is 8.98. The summed E-state index contributed by atoms with van der Waals surface area (Å²) in [5.74, 6) is 0. The quantitative estimate of drug-likeness (QED) is 0.607. The van der Waals surface area contributed by atoms with Gasteiger partial charge in [0, 0.05) is 12.4 Å². The van der Waals surface area contributed by atoms with Crippen LogP contribution >= 0.6 is 0 Å². The van der Waals surface area contributed by atoms with Crippen molar-refractivity contribution in [3.8, 4) is 0 Å². The predicted octanol–water partition coefficient (Wildman–Crippen LogP) is 1.13. The Morgan fingerprint density at radius 1 is 1.67 bits per heavy atom. The molecule has 1 N–H and O–H groups in total. The van der Waals surface area contributed by atoms with Crippen LogP contribution in [-0.4, -0.2) is 10.1 Å². The van der Waals surface area contributed by atoms with Gasteiger partial charge in [0.05, 0.1) is 6.10 Å². The highest BCUT2D eigenvalue weighted by Crippen LogP contribution is 2.07. The molecule has 0 aliphatic rings. The van der Waals surface area contributed by atoms with Gasteiger partial charge >= 0.3 is 0 Å². The highest BCUT2D eigenvalue weighted by atomic mass is 16.3. The van der Waals surface area contributed by atoms with Crippen LogP contribution in [0.3, 0.4) is 0 Å². The van der Waals surface area contributed by atoms with E-state index in [4.69, 9.17) is 5.11 Å². The molecule has 1 rings (SSSR count). The summed E-state index contributed by atoms with van der Waals surface area (Å²) < 4.78 is 0. The third kappa shape index (κ3) is 1.50. The van der Waals surface area contributed by atoms with Gasteiger partial charge in [-0.2, -0.15) is 0 Å². The Morgan fingerprint density at radius 2 is 2.44 bits per heavy atom. The largest absolute Gasteiger partial charge is 0.389 e. The van der Waals surface area contributed by atoms with Crippen molar-refractivity contribution in [2.45, 2.75) is 13.0 Å². The lowest BCUT2D eigenvalue weighted by atomic mass is 10.2. The smallest absolute Gasteiger partial charge is 0.0776 e. The molecule has 0 radical (unpaired) electrons. The van der Waals surface area contributed by atoms with Gasteiger partial charge in [0.25, 0.3) is 0 Å². The van der Waals surface area contributed by atoms with Gasteiger partial charge in [0.15, 0.2) is 0 Å². The standard InChI is InChI=1S/C7H9NO/c1-6(9)7-3-2-4-8-5-7/h2-6,9H,1H3/t6-/m1/s1. The average molecular weight is 123 g/mol. The molecule has 1 aromatic rings. The van der Waals surface area contributed by atoms with E-state index >= 15 is 0 Å². The van der Waals surface area contributed by atoms with E-state index in [0.717, 1.165) is 5.56 Å². The topological polar surface area (TPSA) is 33.1 Å². The Morgan fingerprint density at radius 3 is 2.78 bits per heavy atom. The molecule has 2 heteroatoms. The first-order valence-corrected chi connectivity index (χ1v) is 2.88. The Kier molecular flexibility index (Phi) is 1.80. The lowest BCUT2D eigenvalue weighted by Crippen LogP contribution is -1.89. The van der Waals surface area contributed by atoms with Crippen molar-refractivity contribution in [2.24, 2.45) is 0 Å². The van der Waals surface area contributed by atoms with E-state index < -0.39 is 6.10 Å². The number of rotatable bonds is 1. The van der Waals surface area contributed by atoms with E-state index in [1.807, 2.05) is 12.1 Å². The SMILES string of the molecule is C[C@@H](O)c1cccnc1. The van der Waals surface area contributed by atoms with Crippen LogP contribution in [0.25, 0.3) is 0 Å². The molecule has 0 spiro atoms. The molecule has 0 saturated heterocycles. The number of aliphatic hydroxyl groups is 1. The maximum absolute atomic E-state index is 8.98. The summed E-state index contributed by atoms with van der Waals surface area (Å²) in [6, 6.07) is 3.65. The molecule has 48 valence electrons. The Labute approximate surface area is 54.2 Å². The van der Waals surface area contributed by atoms with Crippen molar-refractivity contribution >= 4 is 0 Å². The van der Waals surface area contributed by atoms with E-state index in [1.54, 1.807) is 19.3 Å². The molecular weight excluding hydrogens is 114 g/mol.